The highest BCUT2D eigenvalue weighted by atomic mass is 32.1. The lowest BCUT2D eigenvalue weighted by atomic mass is 10.0. The zero-order chi connectivity index (χ0) is 30.3. The van der Waals surface area contributed by atoms with Crippen molar-refractivity contribution < 1.29 is 4.74 Å². The van der Waals surface area contributed by atoms with E-state index < -0.39 is 0 Å². The zero-order valence-corrected chi connectivity index (χ0v) is 28.7. The van der Waals surface area contributed by atoms with Crippen molar-refractivity contribution in [3.05, 3.63) is 81.8 Å². The van der Waals surface area contributed by atoms with Crippen molar-refractivity contribution in [1.29, 1.82) is 0 Å². The Kier molecular flexibility index (Phi) is 14.1. The molecular formula is C40H52OS2. The first-order chi connectivity index (χ1) is 21.2. The smallest absolute Gasteiger partial charge is 0.0831 e. The molecule has 0 fully saturated rings. The van der Waals surface area contributed by atoms with Crippen LogP contribution < -0.4 is 0 Å². The van der Waals surface area contributed by atoms with E-state index in [2.05, 4.69) is 87.5 Å². The normalized spacial score (nSPS) is 11.9. The fourth-order valence-corrected chi connectivity index (χ4v) is 8.24. The monoisotopic (exact) mass is 612 g/mol. The fourth-order valence-electron chi connectivity index (χ4n) is 5.87. The lowest BCUT2D eigenvalue weighted by Gasteiger charge is -2.07. The lowest BCUT2D eigenvalue weighted by Crippen LogP contribution is -1.82. The molecule has 0 N–H and O–H groups in total. The van der Waals surface area contributed by atoms with E-state index in [-0.39, 0.29) is 0 Å². The number of aryl methyl sites for hydroxylation is 2. The second kappa shape index (κ2) is 18.2. The zero-order valence-electron chi connectivity index (χ0n) is 27.1. The van der Waals surface area contributed by atoms with Gasteiger partial charge in [0, 0.05) is 19.5 Å². The molecule has 3 heteroatoms. The predicted octanol–water partition coefficient (Wildman–Crippen LogP) is 13.8. The molecule has 1 nitrogen and oxygen atoms in total. The maximum atomic E-state index is 5.30. The van der Waals surface area contributed by atoms with Gasteiger partial charge in [0.05, 0.1) is 13.4 Å². The minimum absolute atomic E-state index is 1.16. The summed E-state index contributed by atoms with van der Waals surface area (Å²) in [6.45, 7) is 6.69. The van der Waals surface area contributed by atoms with Crippen LogP contribution in [0, 0.1) is 0 Å². The minimum atomic E-state index is 1.16. The Balaban J connectivity index is 1.51. The van der Waals surface area contributed by atoms with Crippen molar-refractivity contribution in [2.75, 3.05) is 7.11 Å². The molecule has 0 saturated heterocycles. The summed E-state index contributed by atoms with van der Waals surface area (Å²) in [7, 11) is 1.72. The van der Waals surface area contributed by atoms with Crippen LogP contribution in [-0.2, 0) is 17.6 Å². The molecule has 0 aliphatic rings. The number of unbranched alkanes of at least 4 members (excludes halogenated alkanes) is 10. The van der Waals surface area contributed by atoms with Gasteiger partial charge in [0.2, 0.25) is 0 Å². The molecule has 0 saturated carbocycles. The van der Waals surface area contributed by atoms with Crippen LogP contribution in [0.5, 0.6) is 0 Å². The molecule has 2 heterocycles. The first-order valence-electron chi connectivity index (χ1n) is 16.8. The van der Waals surface area contributed by atoms with Gasteiger partial charge in [0.25, 0.3) is 0 Å². The Morgan fingerprint density at radius 1 is 0.581 bits per heavy atom. The van der Waals surface area contributed by atoms with Gasteiger partial charge in [-0.1, -0.05) is 114 Å². The van der Waals surface area contributed by atoms with E-state index in [0.717, 1.165) is 6.42 Å². The van der Waals surface area contributed by atoms with Gasteiger partial charge >= 0.3 is 0 Å². The van der Waals surface area contributed by atoms with Crippen LogP contribution in [0.25, 0.3) is 43.8 Å². The molecule has 0 unspecified atom stereocenters. The molecule has 0 spiro atoms. The number of hydrogen-bond acceptors (Lipinski definition) is 3. The Labute approximate surface area is 269 Å². The van der Waals surface area contributed by atoms with Crippen molar-refractivity contribution in [3.63, 3.8) is 0 Å². The van der Waals surface area contributed by atoms with E-state index in [1.165, 1.54) is 136 Å². The van der Waals surface area contributed by atoms with Crippen molar-refractivity contribution in [2.45, 2.75) is 111 Å². The summed E-state index contributed by atoms with van der Waals surface area (Å²) in [5.41, 5.74) is 5.24. The molecule has 2 aromatic heterocycles. The molecule has 4 aromatic rings. The van der Waals surface area contributed by atoms with Gasteiger partial charge in [-0.25, -0.2) is 0 Å². The second-order valence-corrected chi connectivity index (χ2v) is 14.1. The van der Waals surface area contributed by atoms with Gasteiger partial charge in [-0.05, 0) is 96.0 Å². The van der Waals surface area contributed by atoms with Gasteiger partial charge in [-0.2, -0.15) is 0 Å². The first-order valence-corrected chi connectivity index (χ1v) is 18.4. The average molecular weight is 613 g/mol. The number of hydrogen-bond donors (Lipinski definition) is 0. The molecule has 4 rings (SSSR count). The average Bonchev–Trinajstić information content (AvgIpc) is 3.63. The van der Waals surface area contributed by atoms with E-state index in [0.29, 0.717) is 0 Å². The summed E-state index contributed by atoms with van der Waals surface area (Å²) >= 11 is 3.93. The van der Waals surface area contributed by atoms with Crippen LogP contribution >= 0.6 is 22.7 Å². The molecule has 0 atom stereocenters. The molecule has 0 radical (unpaired) electrons. The highest BCUT2D eigenvalue weighted by Crippen LogP contribution is 2.39. The molecule has 0 aliphatic heterocycles. The predicted molar refractivity (Wildman–Crippen MR) is 195 cm³/mol. The molecule has 43 heavy (non-hydrogen) atoms. The van der Waals surface area contributed by atoms with E-state index in [1.54, 1.807) is 13.4 Å². The quantitative estimate of drug-likeness (QED) is 0.0756. The molecule has 0 amide bonds. The van der Waals surface area contributed by atoms with Gasteiger partial charge in [0.1, 0.15) is 0 Å². The van der Waals surface area contributed by atoms with E-state index in [4.69, 9.17) is 4.74 Å². The summed E-state index contributed by atoms with van der Waals surface area (Å²) in [5, 5.41) is 2.60. The summed E-state index contributed by atoms with van der Waals surface area (Å²) in [4.78, 5) is 5.73. The maximum Gasteiger partial charge on any atom is 0.0831 e. The van der Waals surface area contributed by atoms with E-state index >= 15 is 0 Å². The SMILES string of the molecule is CC=Cc1cc(CCCCCCCC)sc1-c1ccc2cc(-c3sc(CCCCCCCC)cc3C=COC)ccc2c1. The topological polar surface area (TPSA) is 9.23 Å². The van der Waals surface area contributed by atoms with Crippen LogP contribution in [0.4, 0.5) is 0 Å². The molecule has 2 aromatic carbocycles. The Bertz CT molecular complexity index is 1450. The number of methoxy groups -OCH3 is 1. The molecule has 0 aliphatic carbocycles. The third kappa shape index (κ3) is 9.95. The van der Waals surface area contributed by atoms with Gasteiger partial charge in [-0.15, -0.1) is 22.7 Å². The standard InChI is InChI=1S/C40H52OS2/c1-5-8-10-12-14-16-19-37-29-33(18-7-3)39(42-37)34-23-21-32-28-35(24-22-31(32)27-34)40-36(25-26-41-4)30-38(43-40)20-17-15-13-11-9-6-2/h7,18,21-30H,5-6,8-17,19-20H2,1-4H3. The van der Waals surface area contributed by atoms with Crippen LogP contribution in [0.2, 0.25) is 0 Å². The second-order valence-electron chi connectivity index (χ2n) is 11.8. The van der Waals surface area contributed by atoms with Gasteiger partial charge in [0.15, 0.2) is 0 Å². The van der Waals surface area contributed by atoms with Crippen molar-refractivity contribution in [2.24, 2.45) is 0 Å². The Hall–Kier alpha value is -2.62. The number of ether oxygens (including phenoxy) is 1. The van der Waals surface area contributed by atoms with Crippen LogP contribution in [0.3, 0.4) is 0 Å². The van der Waals surface area contributed by atoms with Crippen LogP contribution in [-0.4, -0.2) is 7.11 Å². The number of benzene rings is 2. The number of thiophene rings is 2. The van der Waals surface area contributed by atoms with Crippen molar-refractivity contribution >= 4 is 45.6 Å². The molecule has 0 bridgehead atoms. The third-order valence-corrected chi connectivity index (χ3v) is 10.8. The van der Waals surface area contributed by atoms with Gasteiger partial charge < -0.3 is 4.74 Å². The van der Waals surface area contributed by atoms with Gasteiger partial charge in [-0.3, -0.25) is 0 Å². The maximum absolute atomic E-state index is 5.30. The first kappa shape index (κ1) is 33.3. The summed E-state index contributed by atoms with van der Waals surface area (Å²) in [6.07, 6.45) is 26.8. The largest absolute Gasteiger partial charge is 0.504 e. The minimum Gasteiger partial charge on any atom is -0.504 e. The summed E-state index contributed by atoms with van der Waals surface area (Å²) < 4.78 is 5.30. The summed E-state index contributed by atoms with van der Waals surface area (Å²) in [5.74, 6) is 0. The highest BCUT2D eigenvalue weighted by Gasteiger charge is 2.13. The Morgan fingerprint density at radius 3 is 1.51 bits per heavy atom. The van der Waals surface area contributed by atoms with Crippen molar-refractivity contribution in [3.8, 4) is 20.9 Å². The van der Waals surface area contributed by atoms with E-state index in [1.807, 2.05) is 22.7 Å². The lowest BCUT2D eigenvalue weighted by molar-refractivity contribution is 0.341. The number of fused-ring (bicyclic) bond motifs is 1. The number of allylic oxidation sites excluding steroid dienone is 1. The summed E-state index contributed by atoms with van der Waals surface area (Å²) in [6, 6.07) is 18.8. The highest BCUT2D eigenvalue weighted by molar-refractivity contribution is 7.16. The Morgan fingerprint density at radius 2 is 1.05 bits per heavy atom. The van der Waals surface area contributed by atoms with Crippen molar-refractivity contribution in [1.82, 2.24) is 0 Å². The number of rotatable bonds is 19. The van der Waals surface area contributed by atoms with Crippen LogP contribution in [0.15, 0.2) is 60.9 Å². The molecule has 230 valence electrons. The van der Waals surface area contributed by atoms with E-state index in [9.17, 15) is 0 Å². The molecular weight excluding hydrogens is 561 g/mol. The van der Waals surface area contributed by atoms with Crippen LogP contribution in [0.1, 0.15) is 119 Å². The third-order valence-electron chi connectivity index (χ3n) is 8.27. The fraction of sp³-hybridized carbons (Fsp3) is 0.450.